The van der Waals surface area contributed by atoms with E-state index in [1.165, 1.54) is 31.4 Å². The van der Waals surface area contributed by atoms with Crippen molar-refractivity contribution in [1.82, 2.24) is 0 Å². The van der Waals surface area contributed by atoms with Crippen LogP contribution in [0.25, 0.3) is 0 Å². The lowest BCUT2D eigenvalue weighted by Gasteiger charge is -2.26. The Bertz CT molecular complexity index is 1460. The number of methoxy groups -OCH3 is 1. The van der Waals surface area contributed by atoms with E-state index >= 15 is 0 Å². The van der Waals surface area contributed by atoms with E-state index in [9.17, 15) is 18.5 Å². The first kappa shape index (κ1) is 23.4. The summed E-state index contributed by atoms with van der Waals surface area (Å²) in [6.45, 7) is 0. The molecule has 3 aromatic carbocycles. The number of allylic oxidation sites excluding steroid dienone is 1. The van der Waals surface area contributed by atoms with Crippen LogP contribution < -0.4 is 14.7 Å². The van der Waals surface area contributed by atoms with Crippen LogP contribution in [-0.2, 0) is 14.9 Å². The number of nitriles is 1. The highest BCUT2D eigenvalue weighted by Gasteiger charge is 2.31. The molecule has 1 unspecified atom stereocenters. The number of fused-ring (bicyclic) bond motifs is 1. The summed E-state index contributed by atoms with van der Waals surface area (Å²) in [6.07, 6.45) is 0. The zero-order valence-corrected chi connectivity index (χ0v) is 20.1. The van der Waals surface area contributed by atoms with Crippen molar-refractivity contribution in [3.63, 3.8) is 0 Å². The van der Waals surface area contributed by atoms with E-state index in [2.05, 4.69) is 22.0 Å². The summed E-state index contributed by atoms with van der Waals surface area (Å²) in [4.78, 5) is 11.7. The summed E-state index contributed by atoms with van der Waals surface area (Å²) in [5.41, 5.74) is 7.83. The molecule has 8 nitrogen and oxygen atoms in total. The summed E-state index contributed by atoms with van der Waals surface area (Å²) >= 11 is 3.24. The fourth-order valence-electron chi connectivity index (χ4n) is 3.56. The van der Waals surface area contributed by atoms with Gasteiger partial charge in [-0.1, -0.05) is 40.2 Å². The topological polar surface area (TPSA) is 129 Å². The highest BCUT2D eigenvalue weighted by molar-refractivity contribution is 9.10. The van der Waals surface area contributed by atoms with E-state index in [0.29, 0.717) is 21.2 Å². The van der Waals surface area contributed by atoms with Crippen LogP contribution in [0.3, 0.4) is 0 Å². The molecule has 1 heterocycles. The van der Waals surface area contributed by atoms with Gasteiger partial charge in [0.2, 0.25) is 5.88 Å². The van der Waals surface area contributed by atoms with Crippen molar-refractivity contribution in [1.29, 1.82) is 5.26 Å². The smallest absolute Gasteiger partial charge is 0.339 e. The van der Waals surface area contributed by atoms with Gasteiger partial charge in [0, 0.05) is 16.1 Å². The quantitative estimate of drug-likeness (QED) is 0.376. The fraction of sp³-hybridized carbons (Fsp3) is 0.0833. The van der Waals surface area contributed by atoms with Crippen molar-refractivity contribution < 1.29 is 26.9 Å². The number of carbonyl (C=O) groups excluding carboxylic acids is 1. The van der Waals surface area contributed by atoms with Gasteiger partial charge in [0.1, 0.15) is 28.0 Å². The lowest BCUT2D eigenvalue weighted by atomic mass is 9.83. The van der Waals surface area contributed by atoms with Crippen LogP contribution in [-0.4, -0.2) is 21.5 Å². The summed E-state index contributed by atoms with van der Waals surface area (Å²) in [5, 5.41) is 9.71. The zero-order chi connectivity index (χ0) is 24.5. The number of carbonyl (C=O) groups is 1. The highest BCUT2D eigenvalue weighted by Crippen LogP contribution is 2.43. The third kappa shape index (κ3) is 4.48. The molecule has 1 atom stereocenters. The van der Waals surface area contributed by atoms with Gasteiger partial charge in [0.25, 0.3) is 0 Å². The highest BCUT2D eigenvalue weighted by atomic mass is 79.9. The first-order valence-corrected chi connectivity index (χ1v) is 12.0. The molecule has 4 rings (SSSR count). The number of nitrogens with zero attached hydrogens (tertiary/aromatic N) is 1. The van der Waals surface area contributed by atoms with Gasteiger partial charge in [-0.2, -0.15) is 13.7 Å². The number of rotatable bonds is 5. The van der Waals surface area contributed by atoms with Gasteiger partial charge in [-0.05, 0) is 42.0 Å². The van der Waals surface area contributed by atoms with Crippen molar-refractivity contribution in [2.45, 2.75) is 10.8 Å². The number of hydrogen-bond donors (Lipinski definition) is 1. The molecule has 1 aliphatic rings. The van der Waals surface area contributed by atoms with Crippen LogP contribution in [0.1, 0.15) is 27.4 Å². The molecule has 0 aliphatic carbocycles. The molecular weight excluding hydrogens is 524 g/mol. The van der Waals surface area contributed by atoms with Crippen molar-refractivity contribution in [3.8, 4) is 17.6 Å². The van der Waals surface area contributed by atoms with Gasteiger partial charge in [0.05, 0.1) is 18.6 Å². The Hall–Kier alpha value is -3.81. The largest absolute Gasteiger partial charge is 0.465 e. The second-order valence-electron chi connectivity index (χ2n) is 7.23. The predicted molar refractivity (Wildman–Crippen MR) is 125 cm³/mol. The van der Waals surface area contributed by atoms with Crippen LogP contribution in [0.5, 0.6) is 11.5 Å². The minimum atomic E-state index is -4.10. The van der Waals surface area contributed by atoms with Gasteiger partial charge in [-0.15, -0.1) is 0 Å². The maximum absolute atomic E-state index is 12.7. The SMILES string of the molecule is COC(=O)c1ccc(C2C(C#N)=C(N)Oc3cc(OS(=O)(=O)c4cccc(Br)c4)ccc32)cc1. The molecule has 34 heavy (non-hydrogen) atoms. The average Bonchev–Trinajstić information content (AvgIpc) is 2.82. The van der Waals surface area contributed by atoms with Crippen molar-refractivity contribution in [2.75, 3.05) is 7.11 Å². The summed E-state index contributed by atoms with van der Waals surface area (Å²) in [5.74, 6) is -0.907. The van der Waals surface area contributed by atoms with Gasteiger partial charge in [-0.3, -0.25) is 0 Å². The molecule has 0 spiro atoms. The molecule has 0 bridgehead atoms. The molecule has 0 saturated heterocycles. The summed E-state index contributed by atoms with van der Waals surface area (Å²) in [7, 11) is -2.81. The standard InChI is InChI=1S/C24H17BrN2O6S/c1-31-24(28)15-7-5-14(6-8-15)22-19-10-9-17(12-21(19)32-23(27)20(22)13-26)33-34(29,30)18-4-2-3-16(25)11-18/h2-12,22H,27H2,1H3. The molecule has 172 valence electrons. The second kappa shape index (κ2) is 9.21. The molecule has 0 aromatic heterocycles. The maximum atomic E-state index is 12.7. The monoisotopic (exact) mass is 540 g/mol. The lowest BCUT2D eigenvalue weighted by molar-refractivity contribution is 0.0600. The van der Waals surface area contributed by atoms with Crippen LogP contribution >= 0.6 is 15.9 Å². The van der Waals surface area contributed by atoms with E-state index in [1.807, 2.05) is 0 Å². The lowest BCUT2D eigenvalue weighted by Crippen LogP contribution is -2.21. The Balaban J connectivity index is 1.71. The first-order chi connectivity index (χ1) is 16.2. The van der Waals surface area contributed by atoms with E-state index in [4.69, 9.17) is 19.4 Å². The summed E-state index contributed by atoms with van der Waals surface area (Å²) < 4.78 is 41.6. The number of halogens is 1. The number of esters is 1. The fourth-order valence-corrected chi connectivity index (χ4v) is 5.08. The van der Waals surface area contributed by atoms with Crippen LogP contribution in [0.4, 0.5) is 0 Å². The molecule has 0 saturated carbocycles. The minimum Gasteiger partial charge on any atom is -0.465 e. The Kier molecular flexibility index (Phi) is 6.32. The number of ether oxygens (including phenoxy) is 2. The van der Waals surface area contributed by atoms with Crippen molar-refractivity contribution in [2.24, 2.45) is 5.73 Å². The van der Waals surface area contributed by atoms with Crippen molar-refractivity contribution in [3.05, 3.63) is 99.3 Å². The normalized spacial score (nSPS) is 15.0. The van der Waals surface area contributed by atoms with Gasteiger partial charge >= 0.3 is 16.1 Å². The predicted octanol–water partition coefficient (Wildman–Crippen LogP) is 4.22. The molecule has 10 heteroatoms. The molecule has 3 aromatic rings. The van der Waals surface area contributed by atoms with E-state index < -0.39 is 22.0 Å². The molecule has 0 radical (unpaired) electrons. The van der Waals surface area contributed by atoms with Crippen LogP contribution in [0.2, 0.25) is 0 Å². The Morgan fingerprint density at radius 1 is 1.12 bits per heavy atom. The van der Waals surface area contributed by atoms with Gasteiger partial charge in [-0.25, -0.2) is 4.79 Å². The molecule has 2 N–H and O–H groups in total. The maximum Gasteiger partial charge on any atom is 0.339 e. The zero-order valence-electron chi connectivity index (χ0n) is 17.7. The molecule has 0 fully saturated rings. The molecule has 0 amide bonds. The Labute approximate surface area is 204 Å². The average molecular weight is 541 g/mol. The van der Waals surface area contributed by atoms with Gasteiger partial charge < -0.3 is 19.4 Å². The number of nitrogens with two attached hydrogens (primary N) is 1. The van der Waals surface area contributed by atoms with E-state index in [1.54, 1.807) is 42.5 Å². The Morgan fingerprint density at radius 3 is 2.50 bits per heavy atom. The molecule has 1 aliphatic heterocycles. The first-order valence-electron chi connectivity index (χ1n) is 9.83. The molecular formula is C24H17BrN2O6S. The summed E-state index contributed by atoms with van der Waals surface area (Å²) in [6, 6.07) is 19.3. The van der Waals surface area contributed by atoms with Crippen molar-refractivity contribution >= 4 is 32.0 Å². The van der Waals surface area contributed by atoms with Gasteiger partial charge in [0.15, 0.2) is 0 Å². The minimum absolute atomic E-state index is 0.0183. The third-order valence-electron chi connectivity index (χ3n) is 5.15. The van der Waals surface area contributed by atoms with E-state index in [-0.39, 0.29) is 27.9 Å². The second-order valence-corrected chi connectivity index (χ2v) is 9.69. The van der Waals surface area contributed by atoms with E-state index in [0.717, 1.165) is 0 Å². The van der Waals surface area contributed by atoms with Crippen LogP contribution in [0.15, 0.2) is 87.6 Å². The number of benzene rings is 3. The third-order valence-corrected chi connectivity index (χ3v) is 6.88. The van der Waals surface area contributed by atoms with Crippen LogP contribution in [0, 0.1) is 11.3 Å². The Morgan fingerprint density at radius 2 is 1.85 bits per heavy atom. The number of hydrogen-bond acceptors (Lipinski definition) is 8.